The summed E-state index contributed by atoms with van der Waals surface area (Å²) in [5, 5.41) is 8.23. The van der Waals surface area contributed by atoms with Gasteiger partial charge in [-0.3, -0.25) is 4.79 Å². The van der Waals surface area contributed by atoms with Crippen molar-refractivity contribution >= 4 is 12.7 Å². The highest BCUT2D eigenvalue weighted by Crippen LogP contribution is 1.98. The lowest BCUT2D eigenvalue weighted by Crippen LogP contribution is -1.93. The standard InChI is InChI=1S/C7H13NO2/c1-8-6-4-2-3-5-7(9)10/h1-6H2,(H,9,10). The van der Waals surface area contributed by atoms with Crippen molar-refractivity contribution in [2.45, 2.75) is 25.7 Å². The lowest BCUT2D eigenvalue weighted by Gasteiger charge is -1.93. The van der Waals surface area contributed by atoms with Crippen LogP contribution in [0.15, 0.2) is 4.99 Å². The third-order valence-corrected chi connectivity index (χ3v) is 1.21. The number of unbranched alkanes of at least 4 members (excludes halogenated alkanes) is 2. The highest BCUT2D eigenvalue weighted by molar-refractivity contribution is 5.66. The highest BCUT2D eigenvalue weighted by atomic mass is 16.4. The predicted molar refractivity (Wildman–Crippen MR) is 40.5 cm³/mol. The maximum Gasteiger partial charge on any atom is 0.303 e. The van der Waals surface area contributed by atoms with Gasteiger partial charge in [-0.15, -0.1) is 0 Å². The number of hydrogen-bond acceptors (Lipinski definition) is 2. The van der Waals surface area contributed by atoms with Gasteiger partial charge in [-0.1, -0.05) is 6.42 Å². The van der Waals surface area contributed by atoms with E-state index in [4.69, 9.17) is 5.11 Å². The summed E-state index contributed by atoms with van der Waals surface area (Å²) in [5.74, 6) is -0.716. The molecule has 58 valence electrons. The minimum atomic E-state index is -0.716. The second-order valence-corrected chi connectivity index (χ2v) is 2.15. The van der Waals surface area contributed by atoms with E-state index in [0.29, 0.717) is 0 Å². The predicted octanol–water partition coefficient (Wildman–Crippen LogP) is 1.33. The van der Waals surface area contributed by atoms with E-state index >= 15 is 0 Å². The molecule has 0 aromatic rings. The van der Waals surface area contributed by atoms with E-state index in [1.165, 1.54) is 0 Å². The van der Waals surface area contributed by atoms with Crippen molar-refractivity contribution in [3.05, 3.63) is 0 Å². The van der Waals surface area contributed by atoms with Crippen molar-refractivity contribution in [2.24, 2.45) is 4.99 Å². The first kappa shape index (κ1) is 9.14. The topological polar surface area (TPSA) is 49.7 Å². The summed E-state index contributed by atoms with van der Waals surface area (Å²) in [6.07, 6.45) is 2.92. The van der Waals surface area contributed by atoms with Gasteiger partial charge in [0.1, 0.15) is 0 Å². The molecule has 0 aliphatic carbocycles. The number of carboxylic acid groups (broad SMARTS) is 1. The minimum absolute atomic E-state index is 0.275. The molecule has 0 spiro atoms. The summed E-state index contributed by atoms with van der Waals surface area (Å²) >= 11 is 0. The summed E-state index contributed by atoms with van der Waals surface area (Å²) in [4.78, 5) is 13.7. The van der Waals surface area contributed by atoms with Crippen LogP contribution in [0.1, 0.15) is 25.7 Å². The first-order valence-electron chi connectivity index (χ1n) is 3.41. The summed E-state index contributed by atoms with van der Waals surface area (Å²) in [6.45, 7) is 4.08. The van der Waals surface area contributed by atoms with Crippen LogP contribution in [0.3, 0.4) is 0 Å². The fraction of sp³-hybridized carbons (Fsp3) is 0.714. The van der Waals surface area contributed by atoms with E-state index in [1.807, 2.05) is 0 Å². The van der Waals surface area contributed by atoms with Gasteiger partial charge in [0, 0.05) is 13.0 Å². The molecule has 3 heteroatoms. The Bertz CT molecular complexity index is 112. The van der Waals surface area contributed by atoms with Crippen LogP contribution in [0.2, 0.25) is 0 Å². The molecule has 10 heavy (non-hydrogen) atoms. The van der Waals surface area contributed by atoms with Crippen LogP contribution in [0, 0.1) is 0 Å². The van der Waals surface area contributed by atoms with E-state index in [-0.39, 0.29) is 6.42 Å². The second kappa shape index (κ2) is 6.26. The summed E-state index contributed by atoms with van der Waals surface area (Å²) in [6, 6.07) is 0. The Hall–Kier alpha value is -0.860. The normalized spacial score (nSPS) is 9.20. The maximum absolute atomic E-state index is 10.00. The molecule has 0 heterocycles. The molecule has 0 rings (SSSR count). The number of rotatable bonds is 6. The molecule has 0 aromatic carbocycles. The van der Waals surface area contributed by atoms with Crippen LogP contribution in [0.4, 0.5) is 0 Å². The average Bonchev–Trinajstić information content (AvgIpc) is 1.87. The van der Waals surface area contributed by atoms with Gasteiger partial charge in [0.2, 0.25) is 0 Å². The van der Waals surface area contributed by atoms with E-state index in [1.54, 1.807) is 0 Å². The van der Waals surface area contributed by atoms with Gasteiger partial charge in [0.15, 0.2) is 0 Å². The van der Waals surface area contributed by atoms with Crippen molar-refractivity contribution in [1.29, 1.82) is 0 Å². The first-order chi connectivity index (χ1) is 4.77. The van der Waals surface area contributed by atoms with Crippen molar-refractivity contribution in [3.8, 4) is 0 Å². The molecular weight excluding hydrogens is 130 g/mol. The minimum Gasteiger partial charge on any atom is -0.481 e. The third kappa shape index (κ3) is 7.14. The van der Waals surface area contributed by atoms with Crippen molar-refractivity contribution in [1.82, 2.24) is 0 Å². The summed E-state index contributed by atoms with van der Waals surface area (Å²) in [7, 11) is 0. The number of nitrogens with zero attached hydrogens (tertiary/aromatic N) is 1. The average molecular weight is 143 g/mol. The molecule has 0 aliphatic rings. The number of aliphatic carboxylic acids is 1. The third-order valence-electron chi connectivity index (χ3n) is 1.21. The van der Waals surface area contributed by atoms with Gasteiger partial charge in [-0.25, -0.2) is 0 Å². The lowest BCUT2D eigenvalue weighted by molar-refractivity contribution is -0.137. The molecule has 3 nitrogen and oxygen atoms in total. The molecule has 0 radical (unpaired) electrons. The summed E-state index contributed by atoms with van der Waals surface area (Å²) < 4.78 is 0. The number of aliphatic imine (C=N–C) groups is 1. The fourth-order valence-electron chi connectivity index (χ4n) is 0.677. The molecule has 0 amide bonds. The van der Waals surface area contributed by atoms with Gasteiger partial charge < -0.3 is 10.1 Å². The Morgan fingerprint density at radius 3 is 2.60 bits per heavy atom. The number of hydrogen-bond donors (Lipinski definition) is 1. The Morgan fingerprint density at radius 2 is 2.10 bits per heavy atom. The maximum atomic E-state index is 10.00. The van der Waals surface area contributed by atoms with Crippen LogP contribution in [-0.4, -0.2) is 24.3 Å². The van der Waals surface area contributed by atoms with Gasteiger partial charge in [-0.2, -0.15) is 0 Å². The van der Waals surface area contributed by atoms with Crippen molar-refractivity contribution in [2.75, 3.05) is 6.54 Å². The number of carbonyl (C=O) groups is 1. The Labute approximate surface area is 60.8 Å². The molecule has 0 fully saturated rings. The quantitative estimate of drug-likeness (QED) is 0.450. The van der Waals surface area contributed by atoms with E-state index in [2.05, 4.69) is 11.7 Å². The van der Waals surface area contributed by atoms with E-state index < -0.39 is 5.97 Å². The van der Waals surface area contributed by atoms with Crippen molar-refractivity contribution in [3.63, 3.8) is 0 Å². The molecule has 0 unspecified atom stereocenters. The second-order valence-electron chi connectivity index (χ2n) is 2.15. The monoisotopic (exact) mass is 143 g/mol. The smallest absolute Gasteiger partial charge is 0.303 e. The lowest BCUT2D eigenvalue weighted by atomic mass is 10.2. The van der Waals surface area contributed by atoms with E-state index in [0.717, 1.165) is 25.8 Å². The summed E-state index contributed by atoms with van der Waals surface area (Å²) in [5.41, 5.74) is 0. The van der Waals surface area contributed by atoms with Crippen LogP contribution in [0.5, 0.6) is 0 Å². The Morgan fingerprint density at radius 1 is 1.40 bits per heavy atom. The van der Waals surface area contributed by atoms with E-state index in [9.17, 15) is 4.79 Å². The molecule has 0 saturated carbocycles. The zero-order chi connectivity index (χ0) is 7.82. The van der Waals surface area contributed by atoms with Crippen LogP contribution in [-0.2, 0) is 4.79 Å². The zero-order valence-corrected chi connectivity index (χ0v) is 6.05. The number of carboxylic acids is 1. The molecule has 0 aromatic heterocycles. The van der Waals surface area contributed by atoms with Crippen LogP contribution < -0.4 is 0 Å². The largest absolute Gasteiger partial charge is 0.481 e. The first-order valence-corrected chi connectivity index (χ1v) is 3.41. The molecule has 0 saturated heterocycles. The SMILES string of the molecule is C=NCCCCCC(=O)O. The van der Waals surface area contributed by atoms with Gasteiger partial charge >= 0.3 is 5.97 Å². The Balaban J connectivity index is 2.90. The fourth-order valence-corrected chi connectivity index (χ4v) is 0.677. The van der Waals surface area contributed by atoms with Crippen LogP contribution >= 0.6 is 0 Å². The van der Waals surface area contributed by atoms with Gasteiger partial charge in [-0.05, 0) is 19.6 Å². The Kier molecular flexibility index (Phi) is 5.72. The highest BCUT2D eigenvalue weighted by Gasteiger charge is 1.94. The molecule has 0 bridgehead atoms. The molecule has 1 N–H and O–H groups in total. The molecule has 0 atom stereocenters. The van der Waals surface area contributed by atoms with Crippen LogP contribution in [0.25, 0.3) is 0 Å². The van der Waals surface area contributed by atoms with Gasteiger partial charge in [0.25, 0.3) is 0 Å². The molecule has 0 aliphatic heterocycles. The molecular formula is C7H13NO2. The van der Waals surface area contributed by atoms with Crippen molar-refractivity contribution < 1.29 is 9.90 Å². The van der Waals surface area contributed by atoms with Gasteiger partial charge in [0.05, 0.1) is 0 Å². The zero-order valence-electron chi connectivity index (χ0n) is 6.05.